The molecule has 0 aliphatic carbocycles. The molecule has 2 aromatic carbocycles. The molecule has 2 rings (SSSR count). The lowest BCUT2D eigenvalue weighted by atomic mass is 9.96. The van der Waals surface area contributed by atoms with Gasteiger partial charge in [-0.25, -0.2) is 13.1 Å². The molecule has 1 atom stereocenters. The van der Waals surface area contributed by atoms with E-state index >= 15 is 0 Å². The van der Waals surface area contributed by atoms with Crippen LogP contribution in [0.4, 0.5) is 5.69 Å². The first-order valence-electron chi connectivity index (χ1n) is 9.46. The van der Waals surface area contributed by atoms with Crippen LogP contribution in [-0.2, 0) is 22.2 Å². The van der Waals surface area contributed by atoms with Crippen LogP contribution in [0.1, 0.15) is 31.9 Å². The summed E-state index contributed by atoms with van der Waals surface area (Å²) in [4.78, 5) is 2.18. The molecule has 28 heavy (non-hydrogen) atoms. The lowest BCUT2D eigenvalue weighted by Gasteiger charge is -2.27. The molecule has 1 unspecified atom stereocenters. The first-order chi connectivity index (χ1) is 13.2. The van der Waals surface area contributed by atoms with Gasteiger partial charge in [0.2, 0.25) is 10.0 Å². The van der Waals surface area contributed by atoms with Gasteiger partial charge in [0.1, 0.15) is 5.60 Å². The van der Waals surface area contributed by atoms with Crippen LogP contribution in [0.2, 0.25) is 0 Å². The summed E-state index contributed by atoms with van der Waals surface area (Å²) < 4.78 is 26.4. The molecule has 0 saturated heterocycles. The average Bonchev–Trinajstić information content (AvgIpc) is 2.67. The minimum Gasteiger partial charge on any atom is -0.384 e. The van der Waals surface area contributed by atoms with Gasteiger partial charge in [-0.3, -0.25) is 0 Å². The standard InChI is InChI=1S/C21H31N3O3S/c1-17(2)28(26,27)23-16-21(3,25)19-9-11-20(12-10-19)24(14-13-22)15-18-7-5-4-6-8-18/h4-12,17,23,25H,13-16,22H2,1-3H3. The number of rotatable bonds is 10. The van der Waals surface area contributed by atoms with E-state index in [1.807, 2.05) is 42.5 Å². The Morgan fingerprint density at radius 2 is 1.71 bits per heavy atom. The molecule has 154 valence electrons. The number of nitrogens with zero attached hydrogens (tertiary/aromatic N) is 1. The number of hydrogen-bond donors (Lipinski definition) is 3. The molecule has 2 aromatic rings. The third-order valence-corrected chi connectivity index (χ3v) is 6.50. The normalized spacial score (nSPS) is 14.1. The summed E-state index contributed by atoms with van der Waals surface area (Å²) in [6, 6.07) is 17.7. The van der Waals surface area contributed by atoms with Crippen LogP contribution in [0.3, 0.4) is 0 Å². The zero-order chi connectivity index (χ0) is 20.8. The lowest BCUT2D eigenvalue weighted by molar-refractivity contribution is 0.0627. The third kappa shape index (κ3) is 6.04. The number of nitrogens with two attached hydrogens (primary N) is 1. The van der Waals surface area contributed by atoms with Crippen molar-refractivity contribution in [2.75, 3.05) is 24.5 Å². The molecular formula is C21H31N3O3S. The maximum absolute atomic E-state index is 12.0. The van der Waals surface area contributed by atoms with Crippen molar-refractivity contribution in [3.63, 3.8) is 0 Å². The van der Waals surface area contributed by atoms with E-state index in [2.05, 4.69) is 21.8 Å². The fraction of sp³-hybridized carbons (Fsp3) is 0.429. The van der Waals surface area contributed by atoms with E-state index in [4.69, 9.17) is 5.73 Å². The van der Waals surface area contributed by atoms with Crippen LogP contribution in [-0.4, -0.2) is 38.4 Å². The van der Waals surface area contributed by atoms with Gasteiger partial charge >= 0.3 is 0 Å². The molecule has 0 aliphatic rings. The first-order valence-corrected chi connectivity index (χ1v) is 11.0. The molecule has 0 saturated carbocycles. The minimum atomic E-state index is -3.44. The second kappa shape index (κ2) is 9.52. The number of anilines is 1. The van der Waals surface area contributed by atoms with E-state index < -0.39 is 20.9 Å². The summed E-state index contributed by atoms with van der Waals surface area (Å²) in [6.07, 6.45) is 0. The van der Waals surface area contributed by atoms with Gasteiger partial charge < -0.3 is 15.7 Å². The van der Waals surface area contributed by atoms with Crippen molar-refractivity contribution >= 4 is 15.7 Å². The van der Waals surface area contributed by atoms with Crippen LogP contribution in [0.15, 0.2) is 54.6 Å². The molecular weight excluding hydrogens is 374 g/mol. The Bertz CT molecular complexity index is 835. The lowest BCUT2D eigenvalue weighted by Crippen LogP contribution is -2.41. The predicted octanol–water partition coefficient (Wildman–Crippen LogP) is 2.19. The van der Waals surface area contributed by atoms with E-state index in [0.29, 0.717) is 18.7 Å². The second-order valence-electron chi connectivity index (χ2n) is 7.43. The van der Waals surface area contributed by atoms with Gasteiger partial charge in [-0.15, -0.1) is 0 Å². The highest BCUT2D eigenvalue weighted by Crippen LogP contribution is 2.24. The highest BCUT2D eigenvalue weighted by atomic mass is 32.2. The molecule has 0 heterocycles. The smallest absolute Gasteiger partial charge is 0.214 e. The Morgan fingerprint density at radius 1 is 1.11 bits per heavy atom. The Morgan fingerprint density at radius 3 is 2.25 bits per heavy atom. The molecule has 7 heteroatoms. The van der Waals surface area contributed by atoms with E-state index in [0.717, 1.165) is 12.2 Å². The van der Waals surface area contributed by atoms with Gasteiger partial charge in [0.05, 0.1) is 5.25 Å². The van der Waals surface area contributed by atoms with Crippen molar-refractivity contribution in [3.05, 3.63) is 65.7 Å². The van der Waals surface area contributed by atoms with Crippen LogP contribution in [0.5, 0.6) is 0 Å². The van der Waals surface area contributed by atoms with Gasteiger partial charge in [0.15, 0.2) is 0 Å². The van der Waals surface area contributed by atoms with Crippen molar-refractivity contribution in [3.8, 4) is 0 Å². The van der Waals surface area contributed by atoms with Crippen LogP contribution < -0.4 is 15.4 Å². The van der Waals surface area contributed by atoms with Gasteiger partial charge in [-0.1, -0.05) is 42.5 Å². The quantitative estimate of drug-likeness (QED) is 0.563. The summed E-state index contributed by atoms with van der Waals surface area (Å²) in [5, 5.41) is 10.2. The molecule has 0 amide bonds. The van der Waals surface area contributed by atoms with Crippen LogP contribution in [0.25, 0.3) is 0 Å². The highest BCUT2D eigenvalue weighted by molar-refractivity contribution is 7.90. The van der Waals surface area contributed by atoms with Crippen LogP contribution >= 0.6 is 0 Å². The molecule has 0 bridgehead atoms. The highest BCUT2D eigenvalue weighted by Gasteiger charge is 2.27. The molecule has 6 nitrogen and oxygen atoms in total. The Labute approximate surface area is 168 Å². The minimum absolute atomic E-state index is 0.0800. The maximum Gasteiger partial charge on any atom is 0.214 e. The van der Waals surface area contributed by atoms with Gasteiger partial charge in [-0.2, -0.15) is 0 Å². The fourth-order valence-electron chi connectivity index (χ4n) is 2.80. The van der Waals surface area contributed by atoms with Crippen LogP contribution in [0, 0.1) is 0 Å². The summed E-state index contributed by atoms with van der Waals surface area (Å²) in [5.41, 5.74) is 7.31. The summed E-state index contributed by atoms with van der Waals surface area (Å²) in [6.45, 7) is 6.70. The predicted molar refractivity (Wildman–Crippen MR) is 115 cm³/mol. The van der Waals surface area contributed by atoms with Crippen molar-refractivity contribution in [2.24, 2.45) is 5.73 Å². The Hall–Kier alpha value is -1.93. The maximum atomic E-state index is 12.0. The first kappa shape index (κ1) is 22.4. The van der Waals surface area contributed by atoms with Crippen molar-refractivity contribution in [2.45, 2.75) is 38.2 Å². The molecule has 0 aliphatic heterocycles. The number of benzene rings is 2. The number of hydrogen-bond acceptors (Lipinski definition) is 5. The number of aliphatic hydroxyl groups is 1. The van der Waals surface area contributed by atoms with Gasteiger partial charge in [-0.05, 0) is 44.0 Å². The molecule has 0 aromatic heterocycles. The molecule has 4 N–H and O–H groups in total. The fourth-order valence-corrected chi connectivity index (χ4v) is 3.62. The zero-order valence-corrected chi connectivity index (χ0v) is 17.6. The van der Waals surface area contributed by atoms with Gasteiger partial charge in [0.25, 0.3) is 0 Å². The van der Waals surface area contributed by atoms with E-state index in [1.54, 1.807) is 20.8 Å². The largest absolute Gasteiger partial charge is 0.384 e. The Balaban J connectivity index is 2.13. The number of sulfonamides is 1. The molecule has 0 fully saturated rings. The van der Waals surface area contributed by atoms with Crippen molar-refractivity contribution in [1.29, 1.82) is 0 Å². The van der Waals surface area contributed by atoms with Gasteiger partial charge in [0, 0.05) is 31.9 Å². The van der Waals surface area contributed by atoms with E-state index in [1.165, 1.54) is 5.56 Å². The summed E-state index contributed by atoms with van der Waals surface area (Å²) >= 11 is 0. The average molecular weight is 406 g/mol. The number of nitrogens with one attached hydrogen (secondary N) is 1. The van der Waals surface area contributed by atoms with Crippen molar-refractivity contribution < 1.29 is 13.5 Å². The summed E-state index contributed by atoms with van der Waals surface area (Å²) in [5.74, 6) is 0. The Kier molecular flexibility index (Phi) is 7.60. The van der Waals surface area contributed by atoms with Crippen molar-refractivity contribution in [1.82, 2.24) is 4.72 Å². The molecule has 0 spiro atoms. The monoisotopic (exact) mass is 405 g/mol. The zero-order valence-electron chi connectivity index (χ0n) is 16.8. The second-order valence-corrected chi connectivity index (χ2v) is 9.75. The summed E-state index contributed by atoms with van der Waals surface area (Å²) in [7, 11) is -3.44. The topological polar surface area (TPSA) is 95.7 Å². The third-order valence-electron chi connectivity index (χ3n) is 4.71. The SMILES string of the molecule is CC(C)S(=O)(=O)NCC(C)(O)c1ccc(N(CCN)Cc2ccccc2)cc1. The molecule has 0 radical (unpaired) electrons. The van der Waals surface area contributed by atoms with E-state index in [9.17, 15) is 13.5 Å². The van der Waals surface area contributed by atoms with E-state index in [-0.39, 0.29) is 6.54 Å².